The van der Waals surface area contributed by atoms with E-state index in [1.165, 1.54) is 23.0 Å². The molecule has 1 saturated carbocycles. The lowest BCUT2D eigenvalue weighted by atomic mass is 9.91. The van der Waals surface area contributed by atoms with Crippen LogP contribution in [0.4, 0.5) is 0 Å². The topological polar surface area (TPSA) is 29.9 Å². The van der Waals surface area contributed by atoms with E-state index in [1.807, 2.05) is 0 Å². The van der Waals surface area contributed by atoms with Gasteiger partial charge in [-0.05, 0) is 67.4 Å². The highest BCUT2D eigenvalue weighted by Crippen LogP contribution is 2.26. The summed E-state index contributed by atoms with van der Waals surface area (Å²) in [5, 5.41) is 8.22. The van der Waals surface area contributed by atoms with E-state index < -0.39 is 0 Å². The third-order valence-corrected chi connectivity index (χ3v) is 5.28. The van der Waals surface area contributed by atoms with Crippen LogP contribution in [-0.4, -0.2) is 22.4 Å². The highest BCUT2D eigenvalue weighted by atomic mass is 79.9. The van der Waals surface area contributed by atoms with Gasteiger partial charge in [0.25, 0.3) is 0 Å². The number of halogens is 1. The zero-order chi connectivity index (χ0) is 14.0. The molecule has 0 aromatic carbocycles. The van der Waals surface area contributed by atoms with Crippen LogP contribution in [0, 0.1) is 18.8 Å². The summed E-state index contributed by atoms with van der Waals surface area (Å²) in [5.41, 5.74) is 2.46. The van der Waals surface area contributed by atoms with Gasteiger partial charge >= 0.3 is 0 Å². The molecule has 2 rings (SSSR count). The van der Waals surface area contributed by atoms with Crippen LogP contribution in [0.2, 0.25) is 0 Å². The fourth-order valence-corrected chi connectivity index (χ4v) is 2.86. The van der Waals surface area contributed by atoms with Crippen LogP contribution in [0.5, 0.6) is 0 Å². The monoisotopic (exact) mass is 327 g/mol. The normalized spacial score (nSPS) is 18.6. The minimum atomic E-state index is 0.670. The fourth-order valence-electron chi connectivity index (χ4n) is 2.41. The molecule has 0 radical (unpaired) electrons. The highest BCUT2D eigenvalue weighted by Gasteiger charge is 2.23. The Bertz CT molecular complexity index is 423. The van der Waals surface area contributed by atoms with Crippen molar-refractivity contribution < 1.29 is 0 Å². The molecular formula is C15H26BrN3. The molecule has 2 unspecified atom stereocenters. The number of aromatic nitrogens is 2. The van der Waals surface area contributed by atoms with Crippen LogP contribution in [0.15, 0.2) is 4.47 Å². The molecule has 0 amide bonds. The van der Waals surface area contributed by atoms with Gasteiger partial charge < -0.3 is 5.32 Å². The first-order valence-electron chi connectivity index (χ1n) is 7.48. The van der Waals surface area contributed by atoms with Crippen LogP contribution < -0.4 is 5.32 Å². The second-order valence-electron chi connectivity index (χ2n) is 6.00. The lowest BCUT2D eigenvalue weighted by Crippen LogP contribution is -2.28. The molecule has 1 aromatic heterocycles. The molecule has 1 heterocycles. The number of nitrogens with zero attached hydrogens (tertiary/aromatic N) is 2. The SMILES string of the molecule is CCn1nc(C)c(Br)c1CC(C)C(C)CNC1CC1. The average Bonchev–Trinajstić information content (AvgIpc) is 3.18. The molecule has 0 aliphatic heterocycles. The lowest BCUT2D eigenvalue weighted by Gasteiger charge is -2.21. The molecule has 1 N–H and O–H groups in total. The smallest absolute Gasteiger partial charge is 0.0738 e. The summed E-state index contributed by atoms with van der Waals surface area (Å²) >= 11 is 3.69. The van der Waals surface area contributed by atoms with Crippen LogP contribution >= 0.6 is 15.9 Å². The molecule has 108 valence electrons. The maximum Gasteiger partial charge on any atom is 0.0738 e. The molecule has 19 heavy (non-hydrogen) atoms. The quantitative estimate of drug-likeness (QED) is 0.830. The van der Waals surface area contributed by atoms with Crippen LogP contribution in [0.3, 0.4) is 0 Å². The predicted octanol–water partition coefficient (Wildman–Crippen LogP) is 3.54. The molecule has 3 nitrogen and oxygen atoms in total. The summed E-state index contributed by atoms with van der Waals surface area (Å²) < 4.78 is 3.33. The Morgan fingerprint density at radius 1 is 1.37 bits per heavy atom. The Morgan fingerprint density at radius 3 is 2.63 bits per heavy atom. The molecule has 0 saturated heterocycles. The lowest BCUT2D eigenvalue weighted by molar-refractivity contribution is 0.356. The summed E-state index contributed by atoms with van der Waals surface area (Å²) in [6, 6.07) is 0.810. The van der Waals surface area contributed by atoms with Crippen LogP contribution in [-0.2, 0) is 13.0 Å². The Balaban J connectivity index is 1.94. The first kappa shape index (κ1) is 15.0. The summed E-state index contributed by atoms with van der Waals surface area (Å²) in [5.74, 6) is 1.37. The Morgan fingerprint density at radius 2 is 2.05 bits per heavy atom. The van der Waals surface area contributed by atoms with E-state index in [2.05, 4.69) is 58.7 Å². The average molecular weight is 328 g/mol. The number of hydrogen-bond donors (Lipinski definition) is 1. The van der Waals surface area contributed by atoms with Gasteiger partial charge in [0.1, 0.15) is 0 Å². The zero-order valence-electron chi connectivity index (χ0n) is 12.5. The van der Waals surface area contributed by atoms with Gasteiger partial charge in [0.05, 0.1) is 15.9 Å². The number of nitrogens with one attached hydrogen (secondary N) is 1. The van der Waals surface area contributed by atoms with Crippen molar-refractivity contribution in [3.63, 3.8) is 0 Å². The fraction of sp³-hybridized carbons (Fsp3) is 0.800. The second-order valence-corrected chi connectivity index (χ2v) is 6.80. The van der Waals surface area contributed by atoms with Crippen molar-refractivity contribution in [2.75, 3.05) is 6.54 Å². The second kappa shape index (κ2) is 6.40. The van der Waals surface area contributed by atoms with E-state index >= 15 is 0 Å². The summed E-state index contributed by atoms with van der Waals surface area (Å²) in [7, 11) is 0. The molecule has 2 atom stereocenters. The maximum absolute atomic E-state index is 4.58. The first-order chi connectivity index (χ1) is 9.02. The van der Waals surface area contributed by atoms with Gasteiger partial charge in [0.15, 0.2) is 0 Å². The Kier molecular flexibility index (Phi) is 5.07. The van der Waals surface area contributed by atoms with Gasteiger partial charge in [-0.1, -0.05) is 13.8 Å². The van der Waals surface area contributed by atoms with E-state index in [-0.39, 0.29) is 0 Å². The van der Waals surface area contributed by atoms with E-state index in [1.54, 1.807) is 0 Å². The van der Waals surface area contributed by atoms with E-state index in [0.29, 0.717) is 11.8 Å². The summed E-state index contributed by atoms with van der Waals surface area (Å²) in [6.45, 7) is 11.0. The van der Waals surface area contributed by atoms with Crippen molar-refractivity contribution in [2.24, 2.45) is 11.8 Å². The minimum Gasteiger partial charge on any atom is -0.314 e. The van der Waals surface area contributed by atoms with Crippen molar-refractivity contribution in [3.05, 3.63) is 15.9 Å². The van der Waals surface area contributed by atoms with Crippen molar-refractivity contribution >= 4 is 15.9 Å². The molecule has 0 spiro atoms. The minimum absolute atomic E-state index is 0.670. The summed E-state index contributed by atoms with van der Waals surface area (Å²) in [4.78, 5) is 0. The Labute approximate surface area is 125 Å². The van der Waals surface area contributed by atoms with E-state index in [0.717, 1.165) is 31.2 Å². The Hall–Kier alpha value is -0.350. The van der Waals surface area contributed by atoms with Gasteiger partial charge in [-0.25, -0.2) is 0 Å². The van der Waals surface area contributed by atoms with Gasteiger partial charge in [0.2, 0.25) is 0 Å². The third-order valence-electron chi connectivity index (χ3n) is 4.25. The maximum atomic E-state index is 4.58. The molecule has 1 aromatic rings. The highest BCUT2D eigenvalue weighted by molar-refractivity contribution is 9.10. The van der Waals surface area contributed by atoms with Crippen LogP contribution in [0.1, 0.15) is 45.0 Å². The zero-order valence-corrected chi connectivity index (χ0v) is 14.1. The molecule has 1 aliphatic rings. The largest absolute Gasteiger partial charge is 0.314 e. The molecule has 4 heteroatoms. The van der Waals surface area contributed by atoms with Crippen molar-refractivity contribution in [3.8, 4) is 0 Å². The van der Waals surface area contributed by atoms with E-state index in [4.69, 9.17) is 0 Å². The standard InChI is InChI=1S/C15H26BrN3/c1-5-19-14(15(16)12(4)18-19)8-10(2)11(3)9-17-13-6-7-13/h10-11,13,17H,5-9H2,1-4H3. The molecule has 1 fully saturated rings. The molecular weight excluding hydrogens is 302 g/mol. The van der Waals surface area contributed by atoms with E-state index in [9.17, 15) is 0 Å². The first-order valence-corrected chi connectivity index (χ1v) is 8.27. The summed E-state index contributed by atoms with van der Waals surface area (Å²) in [6.07, 6.45) is 3.84. The number of rotatable bonds is 7. The molecule has 0 bridgehead atoms. The van der Waals surface area contributed by atoms with Crippen LogP contribution in [0.25, 0.3) is 0 Å². The van der Waals surface area contributed by atoms with Crippen molar-refractivity contribution in [1.29, 1.82) is 0 Å². The van der Waals surface area contributed by atoms with Crippen molar-refractivity contribution in [2.45, 2.75) is 59.5 Å². The molecule has 1 aliphatic carbocycles. The van der Waals surface area contributed by atoms with Gasteiger partial charge in [0, 0.05) is 12.6 Å². The number of aryl methyl sites for hydroxylation is 2. The van der Waals surface area contributed by atoms with Gasteiger partial charge in [-0.2, -0.15) is 5.10 Å². The van der Waals surface area contributed by atoms with Crippen molar-refractivity contribution in [1.82, 2.24) is 15.1 Å². The number of hydrogen-bond acceptors (Lipinski definition) is 2. The van der Waals surface area contributed by atoms with Gasteiger partial charge in [-0.3, -0.25) is 4.68 Å². The van der Waals surface area contributed by atoms with Gasteiger partial charge in [-0.15, -0.1) is 0 Å². The predicted molar refractivity (Wildman–Crippen MR) is 83.4 cm³/mol. The third kappa shape index (κ3) is 3.82.